The van der Waals surface area contributed by atoms with E-state index >= 15 is 0 Å². The molecule has 0 saturated heterocycles. The summed E-state index contributed by atoms with van der Waals surface area (Å²) in [5.74, 6) is -2.30. The molecular formula is C27H24ClNO5. The number of ether oxygens (including phenoxy) is 1. The first-order chi connectivity index (χ1) is 16.4. The van der Waals surface area contributed by atoms with Crippen molar-refractivity contribution < 1.29 is 24.2 Å². The summed E-state index contributed by atoms with van der Waals surface area (Å²) in [6, 6.07) is 23.9. The zero-order valence-electron chi connectivity index (χ0n) is 18.3. The van der Waals surface area contributed by atoms with Crippen LogP contribution in [0, 0.1) is 0 Å². The molecule has 174 valence electrons. The van der Waals surface area contributed by atoms with E-state index in [9.17, 15) is 14.4 Å². The predicted molar refractivity (Wildman–Crippen MR) is 130 cm³/mol. The van der Waals surface area contributed by atoms with Gasteiger partial charge in [0.1, 0.15) is 6.61 Å². The van der Waals surface area contributed by atoms with Crippen molar-refractivity contribution in [2.75, 3.05) is 0 Å². The van der Waals surface area contributed by atoms with E-state index in [1.54, 1.807) is 0 Å². The van der Waals surface area contributed by atoms with Crippen LogP contribution in [-0.4, -0.2) is 29.0 Å². The van der Waals surface area contributed by atoms with Crippen LogP contribution in [0.5, 0.6) is 0 Å². The molecule has 0 bridgehead atoms. The smallest absolute Gasteiger partial charge is 0.328 e. The van der Waals surface area contributed by atoms with Crippen LogP contribution in [0.25, 0.3) is 11.1 Å². The van der Waals surface area contributed by atoms with Gasteiger partial charge in [-0.3, -0.25) is 9.59 Å². The maximum absolute atomic E-state index is 12.4. The maximum Gasteiger partial charge on any atom is 0.328 e. The number of carbonyl (C=O) groups excluding carboxylic acids is 2. The highest BCUT2D eigenvalue weighted by atomic mass is 35.5. The van der Waals surface area contributed by atoms with Gasteiger partial charge in [0.05, 0.1) is 6.42 Å². The molecule has 0 radical (unpaired) electrons. The van der Waals surface area contributed by atoms with Crippen molar-refractivity contribution in [1.29, 1.82) is 0 Å². The van der Waals surface area contributed by atoms with E-state index in [1.165, 1.54) is 0 Å². The lowest BCUT2D eigenvalue weighted by atomic mass is 9.99. The molecule has 0 aliphatic heterocycles. The number of hydrogen-bond acceptors (Lipinski definition) is 4. The number of aliphatic carboxylic acids is 1. The van der Waals surface area contributed by atoms with Gasteiger partial charge in [0, 0.05) is 23.2 Å². The Bertz CT molecular complexity index is 1160. The summed E-state index contributed by atoms with van der Waals surface area (Å²) >= 11 is 6.08. The van der Waals surface area contributed by atoms with Crippen molar-refractivity contribution in [3.8, 4) is 11.1 Å². The van der Waals surface area contributed by atoms with E-state index in [0.717, 1.165) is 34.4 Å². The number of carboxylic acid groups (broad SMARTS) is 1. The summed E-state index contributed by atoms with van der Waals surface area (Å²) in [6.07, 6.45) is 1.98. The van der Waals surface area contributed by atoms with Crippen LogP contribution in [0.2, 0.25) is 5.02 Å². The summed E-state index contributed by atoms with van der Waals surface area (Å²) in [6.45, 7) is 0.133. The second-order valence-electron chi connectivity index (χ2n) is 7.64. The van der Waals surface area contributed by atoms with E-state index in [0.29, 0.717) is 11.4 Å². The van der Waals surface area contributed by atoms with E-state index in [-0.39, 0.29) is 13.0 Å². The van der Waals surface area contributed by atoms with Crippen molar-refractivity contribution in [1.82, 2.24) is 5.32 Å². The number of nitrogens with one attached hydrogen (secondary N) is 1. The molecule has 3 aromatic rings. The Labute approximate surface area is 202 Å². The Morgan fingerprint density at radius 2 is 1.62 bits per heavy atom. The molecule has 6 nitrogen and oxygen atoms in total. The first-order valence-corrected chi connectivity index (χ1v) is 11.0. The van der Waals surface area contributed by atoms with Crippen molar-refractivity contribution in [3.63, 3.8) is 0 Å². The van der Waals surface area contributed by atoms with Crippen LogP contribution in [0.3, 0.4) is 0 Å². The molecule has 3 rings (SSSR count). The fraction of sp³-hybridized carbons (Fsp3) is 0.148. The second kappa shape index (κ2) is 12.4. The fourth-order valence-corrected chi connectivity index (χ4v) is 3.54. The van der Waals surface area contributed by atoms with Gasteiger partial charge in [0.25, 0.3) is 0 Å². The van der Waals surface area contributed by atoms with Gasteiger partial charge in [-0.15, -0.1) is 0 Å². The number of carbonyl (C=O) groups is 3. The van der Waals surface area contributed by atoms with Crippen molar-refractivity contribution in [3.05, 3.63) is 107 Å². The highest BCUT2D eigenvalue weighted by Crippen LogP contribution is 2.23. The highest BCUT2D eigenvalue weighted by Gasteiger charge is 2.18. The lowest BCUT2D eigenvalue weighted by molar-refractivity contribution is -0.145. The molecule has 7 heteroatoms. The molecule has 2 N–H and O–H groups in total. The zero-order valence-corrected chi connectivity index (χ0v) is 19.1. The van der Waals surface area contributed by atoms with Crippen LogP contribution in [0.1, 0.15) is 17.5 Å². The molecule has 0 spiro atoms. The Morgan fingerprint density at radius 3 is 2.29 bits per heavy atom. The fourth-order valence-electron chi connectivity index (χ4n) is 3.35. The lowest BCUT2D eigenvalue weighted by Gasteiger charge is -2.18. The number of hydrogen-bond donors (Lipinski definition) is 2. The maximum atomic E-state index is 12.4. The number of halogens is 1. The van der Waals surface area contributed by atoms with Crippen molar-refractivity contribution in [2.24, 2.45) is 0 Å². The second-order valence-corrected chi connectivity index (χ2v) is 8.08. The third-order valence-electron chi connectivity index (χ3n) is 4.97. The Morgan fingerprint density at radius 1 is 0.882 bits per heavy atom. The summed E-state index contributed by atoms with van der Waals surface area (Å²) in [7, 11) is 0. The third kappa shape index (κ3) is 8.22. The molecule has 0 aliphatic rings. The van der Waals surface area contributed by atoms with Gasteiger partial charge < -0.3 is 15.2 Å². The van der Waals surface area contributed by atoms with Crippen LogP contribution in [0.4, 0.5) is 0 Å². The first kappa shape index (κ1) is 24.7. The predicted octanol–water partition coefficient (Wildman–Crippen LogP) is 4.81. The molecule has 1 unspecified atom stereocenters. The van der Waals surface area contributed by atoms with Gasteiger partial charge in [-0.05, 0) is 40.8 Å². The van der Waals surface area contributed by atoms with Crippen molar-refractivity contribution in [2.45, 2.75) is 25.5 Å². The monoisotopic (exact) mass is 477 g/mol. The number of carboxylic acids is 1. The summed E-state index contributed by atoms with van der Waals surface area (Å²) in [4.78, 5) is 35.3. The van der Waals surface area contributed by atoms with Gasteiger partial charge in [0.15, 0.2) is 0 Å². The molecule has 0 saturated carbocycles. The minimum absolute atomic E-state index is 0.0600. The average Bonchev–Trinajstić information content (AvgIpc) is 2.82. The largest absolute Gasteiger partial charge is 0.478 e. The molecule has 1 amide bonds. The van der Waals surface area contributed by atoms with Crippen LogP contribution >= 0.6 is 11.6 Å². The van der Waals surface area contributed by atoms with E-state index in [4.69, 9.17) is 21.4 Å². The van der Waals surface area contributed by atoms with E-state index < -0.39 is 23.9 Å². The molecule has 0 fully saturated rings. The zero-order chi connectivity index (χ0) is 24.3. The Kier molecular flexibility index (Phi) is 9.00. The van der Waals surface area contributed by atoms with E-state index in [1.807, 2.05) is 78.9 Å². The molecule has 0 aliphatic carbocycles. The minimum Gasteiger partial charge on any atom is -0.478 e. The molecule has 0 aromatic heterocycles. The summed E-state index contributed by atoms with van der Waals surface area (Å²) in [5, 5.41) is 12.1. The molecular weight excluding hydrogens is 454 g/mol. The van der Waals surface area contributed by atoms with Crippen molar-refractivity contribution >= 4 is 29.4 Å². The molecule has 0 heterocycles. The summed E-state index contributed by atoms with van der Waals surface area (Å²) in [5.41, 5.74) is 3.72. The van der Waals surface area contributed by atoms with Crippen LogP contribution in [-0.2, 0) is 32.1 Å². The highest BCUT2D eigenvalue weighted by molar-refractivity contribution is 6.30. The number of amides is 1. The first-order valence-electron chi connectivity index (χ1n) is 10.6. The minimum atomic E-state index is -1.23. The van der Waals surface area contributed by atoms with E-state index in [2.05, 4.69) is 5.32 Å². The van der Waals surface area contributed by atoms with Gasteiger partial charge >= 0.3 is 11.9 Å². The number of rotatable bonds is 10. The average molecular weight is 478 g/mol. The Hall–Kier alpha value is -3.90. The van der Waals surface area contributed by atoms with Gasteiger partial charge in [0.2, 0.25) is 5.91 Å². The van der Waals surface area contributed by atoms with Gasteiger partial charge in [-0.2, -0.15) is 0 Å². The normalized spacial score (nSPS) is 11.7. The topological polar surface area (TPSA) is 92.7 Å². The van der Waals surface area contributed by atoms with Gasteiger partial charge in [-0.25, -0.2) is 4.79 Å². The van der Waals surface area contributed by atoms with Crippen LogP contribution < -0.4 is 5.32 Å². The quantitative estimate of drug-likeness (QED) is 0.323. The molecule has 1 atom stereocenters. The van der Waals surface area contributed by atoms with Crippen LogP contribution in [0.15, 0.2) is 91.0 Å². The van der Waals surface area contributed by atoms with Gasteiger partial charge in [-0.1, -0.05) is 78.3 Å². The number of benzene rings is 3. The summed E-state index contributed by atoms with van der Waals surface area (Å²) < 4.78 is 5.35. The molecule has 3 aromatic carbocycles. The standard InChI is InChI=1S/C27H24ClNO5/c28-23-8-4-7-22(16-23)21-11-9-19(10-12-21)15-24(29-25(30)13-14-26(31)32)17-27(33)34-18-20-5-2-1-3-6-20/h1-14,16,24H,15,17-18H2,(H,29,30)(H,31,32)/b14-13+. The SMILES string of the molecule is O=C(O)/C=C/C(=O)NC(CC(=O)OCc1ccccc1)Cc1ccc(-c2cccc(Cl)c2)cc1. The third-order valence-corrected chi connectivity index (χ3v) is 5.21. The lowest BCUT2D eigenvalue weighted by Crippen LogP contribution is -2.37. The number of esters is 1. The molecule has 34 heavy (non-hydrogen) atoms. The Balaban J connectivity index is 1.67.